The third-order valence-electron chi connectivity index (χ3n) is 4.93. The largest absolute Gasteiger partial charge is 0.360 e. The lowest BCUT2D eigenvalue weighted by Gasteiger charge is -2.31. The van der Waals surface area contributed by atoms with Gasteiger partial charge in [0.15, 0.2) is 5.78 Å². The molecule has 1 amide bonds. The van der Waals surface area contributed by atoms with Crippen molar-refractivity contribution < 1.29 is 14.1 Å². The number of aromatic nitrogens is 1. The Labute approximate surface area is 131 Å². The van der Waals surface area contributed by atoms with Crippen LogP contribution in [0.1, 0.15) is 61.8 Å². The smallest absolute Gasteiger partial charge is 0.219 e. The number of piperidine rings is 1. The number of fused-ring (bicyclic) bond motifs is 1. The van der Waals surface area contributed by atoms with E-state index in [9.17, 15) is 9.59 Å². The molecule has 5 heteroatoms. The Hall–Kier alpha value is -1.65. The molecule has 2 heterocycles. The SMILES string of the molecule is CC(=O)N1CCC(Cc2onc3c2C(=O)CC(C)(C)C3)CC1. The molecule has 120 valence electrons. The standard InChI is InChI=1S/C17H24N2O3/c1-11(20)19-6-4-12(5-7-19)8-15-16-13(18-22-15)9-17(2,3)10-14(16)21/h12H,4-10H2,1-3H3. The summed E-state index contributed by atoms with van der Waals surface area (Å²) in [5.74, 6) is 1.55. The van der Waals surface area contributed by atoms with Gasteiger partial charge in [-0.2, -0.15) is 0 Å². The molecule has 1 aromatic rings. The van der Waals surface area contributed by atoms with Gasteiger partial charge in [0, 0.05) is 32.9 Å². The highest BCUT2D eigenvalue weighted by atomic mass is 16.5. The van der Waals surface area contributed by atoms with E-state index in [4.69, 9.17) is 4.52 Å². The molecule has 0 N–H and O–H groups in total. The summed E-state index contributed by atoms with van der Waals surface area (Å²) in [6.45, 7) is 7.42. The fraction of sp³-hybridized carbons (Fsp3) is 0.706. The van der Waals surface area contributed by atoms with Crippen LogP contribution in [0.3, 0.4) is 0 Å². The van der Waals surface area contributed by atoms with Crippen molar-refractivity contribution in [3.8, 4) is 0 Å². The van der Waals surface area contributed by atoms with Gasteiger partial charge in [0.1, 0.15) is 5.76 Å². The molecule has 0 unspecified atom stereocenters. The summed E-state index contributed by atoms with van der Waals surface area (Å²) in [4.78, 5) is 25.7. The molecule has 1 aliphatic carbocycles. The fourth-order valence-corrected chi connectivity index (χ4v) is 3.69. The van der Waals surface area contributed by atoms with E-state index < -0.39 is 0 Å². The highest BCUT2D eigenvalue weighted by molar-refractivity contribution is 5.99. The van der Waals surface area contributed by atoms with E-state index in [-0.39, 0.29) is 17.1 Å². The monoisotopic (exact) mass is 304 g/mol. The van der Waals surface area contributed by atoms with E-state index in [0.29, 0.717) is 12.3 Å². The first-order chi connectivity index (χ1) is 10.4. The molecule has 1 aromatic heterocycles. The third kappa shape index (κ3) is 2.94. The van der Waals surface area contributed by atoms with E-state index in [0.717, 1.165) is 55.8 Å². The summed E-state index contributed by atoms with van der Waals surface area (Å²) in [6.07, 6.45) is 4.07. The molecule has 0 radical (unpaired) electrons. The average Bonchev–Trinajstić information content (AvgIpc) is 2.80. The number of carbonyl (C=O) groups is 2. The number of ketones is 1. The van der Waals surface area contributed by atoms with E-state index in [2.05, 4.69) is 19.0 Å². The van der Waals surface area contributed by atoms with E-state index in [1.165, 1.54) is 0 Å². The maximum absolute atomic E-state index is 12.4. The van der Waals surface area contributed by atoms with Gasteiger partial charge in [0.2, 0.25) is 5.91 Å². The van der Waals surface area contributed by atoms with Gasteiger partial charge in [0.25, 0.3) is 0 Å². The molecule has 0 spiro atoms. The summed E-state index contributed by atoms with van der Waals surface area (Å²) in [5, 5.41) is 4.15. The van der Waals surface area contributed by atoms with Crippen LogP contribution in [-0.2, 0) is 17.6 Å². The van der Waals surface area contributed by atoms with Crippen molar-refractivity contribution in [3.63, 3.8) is 0 Å². The highest BCUT2D eigenvalue weighted by Gasteiger charge is 2.36. The molecule has 0 saturated carbocycles. The Bertz CT molecular complexity index is 595. The Morgan fingerprint density at radius 1 is 1.32 bits per heavy atom. The molecule has 0 bridgehead atoms. The lowest BCUT2D eigenvalue weighted by atomic mass is 9.75. The van der Waals surface area contributed by atoms with Crippen LogP contribution in [0.15, 0.2) is 4.52 Å². The number of amides is 1. The zero-order valence-corrected chi connectivity index (χ0v) is 13.6. The highest BCUT2D eigenvalue weighted by Crippen LogP contribution is 2.36. The van der Waals surface area contributed by atoms with Gasteiger partial charge in [-0.3, -0.25) is 9.59 Å². The van der Waals surface area contributed by atoms with Crippen LogP contribution in [0.25, 0.3) is 0 Å². The van der Waals surface area contributed by atoms with Crippen LogP contribution in [0.2, 0.25) is 0 Å². The van der Waals surface area contributed by atoms with E-state index in [1.807, 2.05) is 4.90 Å². The molecule has 5 nitrogen and oxygen atoms in total. The number of nitrogens with zero attached hydrogens (tertiary/aromatic N) is 2. The van der Waals surface area contributed by atoms with Crippen LogP contribution in [0.4, 0.5) is 0 Å². The molecular weight excluding hydrogens is 280 g/mol. The van der Waals surface area contributed by atoms with Crippen LogP contribution < -0.4 is 0 Å². The Kier molecular flexibility index (Phi) is 3.83. The van der Waals surface area contributed by atoms with Crippen molar-refractivity contribution in [2.75, 3.05) is 13.1 Å². The van der Waals surface area contributed by atoms with Crippen molar-refractivity contribution in [3.05, 3.63) is 17.0 Å². The third-order valence-corrected chi connectivity index (χ3v) is 4.93. The first-order valence-corrected chi connectivity index (χ1v) is 8.12. The van der Waals surface area contributed by atoms with E-state index >= 15 is 0 Å². The second-order valence-corrected chi connectivity index (χ2v) is 7.52. The van der Waals surface area contributed by atoms with Gasteiger partial charge in [-0.25, -0.2) is 0 Å². The van der Waals surface area contributed by atoms with Gasteiger partial charge in [-0.1, -0.05) is 19.0 Å². The normalized spacial score (nSPS) is 21.8. The van der Waals surface area contributed by atoms with Crippen LogP contribution in [-0.4, -0.2) is 34.8 Å². The Morgan fingerprint density at radius 2 is 2.00 bits per heavy atom. The van der Waals surface area contributed by atoms with Gasteiger partial charge in [-0.05, 0) is 30.6 Å². The predicted molar refractivity (Wildman–Crippen MR) is 81.6 cm³/mol. The number of hydrogen-bond acceptors (Lipinski definition) is 4. The van der Waals surface area contributed by atoms with Crippen molar-refractivity contribution in [2.24, 2.45) is 11.3 Å². The lowest BCUT2D eigenvalue weighted by Crippen LogP contribution is -2.37. The molecule has 0 aromatic carbocycles. The van der Waals surface area contributed by atoms with Gasteiger partial charge in [-0.15, -0.1) is 0 Å². The number of likely N-dealkylation sites (tertiary alicyclic amines) is 1. The first kappa shape index (κ1) is 15.3. The predicted octanol–water partition coefficient (Wildman–Crippen LogP) is 2.63. The summed E-state index contributed by atoms with van der Waals surface area (Å²) in [5.41, 5.74) is 1.55. The summed E-state index contributed by atoms with van der Waals surface area (Å²) >= 11 is 0. The number of hydrogen-bond donors (Lipinski definition) is 0. The Balaban J connectivity index is 1.69. The van der Waals surface area contributed by atoms with Crippen molar-refractivity contribution >= 4 is 11.7 Å². The maximum Gasteiger partial charge on any atom is 0.219 e. The summed E-state index contributed by atoms with van der Waals surface area (Å²) < 4.78 is 5.51. The summed E-state index contributed by atoms with van der Waals surface area (Å²) in [7, 11) is 0. The fourth-order valence-electron chi connectivity index (χ4n) is 3.69. The zero-order chi connectivity index (χ0) is 15.9. The quantitative estimate of drug-likeness (QED) is 0.842. The average molecular weight is 304 g/mol. The molecule has 1 saturated heterocycles. The molecule has 0 atom stereocenters. The maximum atomic E-state index is 12.4. The Morgan fingerprint density at radius 3 is 2.64 bits per heavy atom. The second kappa shape index (κ2) is 5.52. The molecule has 1 fully saturated rings. The molecule has 3 rings (SSSR count). The van der Waals surface area contributed by atoms with Gasteiger partial charge < -0.3 is 9.42 Å². The molecule has 2 aliphatic rings. The van der Waals surface area contributed by atoms with Crippen LogP contribution >= 0.6 is 0 Å². The zero-order valence-electron chi connectivity index (χ0n) is 13.6. The van der Waals surface area contributed by atoms with E-state index in [1.54, 1.807) is 6.92 Å². The van der Waals surface area contributed by atoms with Crippen LogP contribution in [0, 0.1) is 11.3 Å². The van der Waals surface area contributed by atoms with Crippen molar-refractivity contribution in [1.82, 2.24) is 10.1 Å². The number of rotatable bonds is 2. The van der Waals surface area contributed by atoms with Gasteiger partial charge >= 0.3 is 0 Å². The molecule has 22 heavy (non-hydrogen) atoms. The minimum atomic E-state index is -0.0228. The van der Waals surface area contributed by atoms with Crippen molar-refractivity contribution in [1.29, 1.82) is 0 Å². The van der Waals surface area contributed by atoms with Crippen molar-refractivity contribution in [2.45, 2.75) is 52.9 Å². The minimum Gasteiger partial charge on any atom is -0.360 e. The topological polar surface area (TPSA) is 63.4 Å². The van der Waals surface area contributed by atoms with Crippen LogP contribution in [0.5, 0.6) is 0 Å². The van der Waals surface area contributed by atoms with Gasteiger partial charge in [0.05, 0.1) is 11.3 Å². The molecular formula is C17H24N2O3. The first-order valence-electron chi connectivity index (χ1n) is 8.12. The number of Topliss-reactive ketones (excluding diaryl/α,β-unsaturated/α-hetero) is 1. The molecule has 1 aliphatic heterocycles. The number of carbonyl (C=O) groups excluding carboxylic acids is 2. The second-order valence-electron chi connectivity index (χ2n) is 7.52. The summed E-state index contributed by atoms with van der Waals surface area (Å²) in [6, 6.07) is 0. The lowest BCUT2D eigenvalue weighted by molar-refractivity contribution is -0.130. The minimum absolute atomic E-state index is 0.0228.